The van der Waals surface area contributed by atoms with Crippen molar-refractivity contribution < 1.29 is 29.2 Å². The van der Waals surface area contributed by atoms with E-state index in [-0.39, 0.29) is 47.2 Å². The number of carbonyl (C=O) groups excluding carboxylic acids is 3. The van der Waals surface area contributed by atoms with Crippen molar-refractivity contribution in [3.05, 3.63) is 69.7 Å². The summed E-state index contributed by atoms with van der Waals surface area (Å²) < 4.78 is 5.91. The Morgan fingerprint density at radius 1 is 1.11 bits per heavy atom. The molecule has 2 aromatic carbocycles. The van der Waals surface area contributed by atoms with Gasteiger partial charge < -0.3 is 30.3 Å². The lowest BCUT2D eigenvalue weighted by Gasteiger charge is -2.28. The normalized spacial score (nSPS) is 16.6. The second-order valence-electron chi connectivity index (χ2n) is 11.4. The summed E-state index contributed by atoms with van der Waals surface area (Å²) in [4.78, 5) is 41.4. The topological polar surface area (TPSA) is 152 Å². The maximum absolute atomic E-state index is 13.4. The van der Waals surface area contributed by atoms with E-state index in [1.807, 2.05) is 19.9 Å². The Labute approximate surface area is 268 Å². The maximum Gasteiger partial charge on any atom is 0.475 e. The first kappa shape index (κ1) is 35.3. The predicted octanol–water partition coefficient (Wildman–Crippen LogP) is 3.41. The Morgan fingerprint density at radius 3 is 2.50 bits per heavy atom. The minimum absolute atomic E-state index is 0.0523. The van der Waals surface area contributed by atoms with E-state index in [1.165, 1.54) is 18.2 Å². The molecule has 2 aromatic rings. The standard InChI is InChI=1S/C31H39BCl2N4O6/c1-20(2)10-11-22(17-35)31(41)38-14-6-9-24(38)18-44-19-27(36-29(39)25-16-23(33)12-13-26(25)34)30(40)37-28(32(42)43)15-21-7-4-3-5-8-21/h3-5,7-8,12-13,16,20,22,24,27-28,42-43H,6,9-11,14-15,18-19H2,1-2H3,(H,36,39)(H,37,40)/t22?,24-,27?,28+/m1/s1. The molecule has 3 rings (SSSR count). The van der Waals surface area contributed by atoms with Crippen LogP contribution in [0.2, 0.25) is 10.0 Å². The number of benzene rings is 2. The van der Waals surface area contributed by atoms with Gasteiger partial charge in [0.25, 0.3) is 5.91 Å². The van der Waals surface area contributed by atoms with E-state index in [0.717, 1.165) is 18.4 Å². The van der Waals surface area contributed by atoms with E-state index in [1.54, 1.807) is 29.2 Å². The van der Waals surface area contributed by atoms with Crippen LogP contribution in [0.25, 0.3) is 0 Å². The molecule has 0 bridgehead atoms. The van der Waals surface area contributed by atoms with Crippen LogP contribution in [0.1, 0.15) is 55.5 Å². The average Bonchev–Trinajstić information content (AvgIpc) is 3.46. The van der Waals surface area contributed by atoms with Crippen LogP contribution in [-0.4, -0.2) is 77.6 Å². The quantitative estimate of drug-likeness (QED) is 0.217. The highest BCUT2D eigenvalue weighted by molar-refractivity contribution is 6.43. The summed E-state index contributed by atoms with van der Waals surface area (Å²) in [5, 5.41) is 35.2. The first-order valence-electron chi connectivity index (χ1n) is 14.7. The molecule has 10 nitrogen and oxygen atoms in total. The van der Waals surface area contributed by atoms with Crippen LogP contribution in [0.4, 0.5) is 0 Å². The van der Waals surface area contributed by atoms with Crippen LogP contribution in [0.5, 0.6) is 0 Å². The summed E-state index contributed by atoms with van der Waals surface area (Å²) in [7, 11) is -1.87. The van der Waals surface area contributed by atoms with Gasteiger partial charge in [0.2, 0.25) is 11.8 Å². The van der Waals surface area contributed by atoms with Gasteiger partial charge in [0.15, 0.2) is 0 Å². The number of halogens is 2. The number of nitrogens with zero attached hydrogens (tertiary/aromatic N) is 2. The molecule has 1 aliphatic rings. The number of hydrogen-bond acceptors (Lipinski definition) is 7. The lowest BCUT2D eigenvalue weighted by atomic mass is 9.76. The molecule has 0 aromatic heterocycles. The van der Waals surface area contributed by atoms with Gasteiger partial charge in [0.1, 0.15) is 12.0 Å². The molecule has 0 spiro atoms. The molecule has 0 saturated carbocycles. The fraction of sp³-hybridized carbons (Fsp3) is 0.484. The number of hydrogen-bond donors (Lipinski definition) is 4. The zero-order valence-corrected chi connectivity index (χ0v) is 26.4. The van der Waals surface area contributed by atoms with E-state index >= 15 is 0 Å². The molecule has 1 saturated heterocycles. The largest absolute Gasteiger partial charge is 0.475 e. The highest BCUT2D eigenvalue weighted by Gasteiger charge is 2.34. The van der Waals surface area contributed by atoms with E-state index < -0.39 is 36.8 Å². The molecule has 1 aliphatic heterocycles. The summed E-state index contributed by atoms with van der Waals surface area (Å²) in [6.07, 6.45) is 2.80. The summed E-state index contributed by atoms with van der Waals surface area (Å²) >= 11 is 12.3. The van der Waals surface area contributed by atoms with Crippen LogP contribution < -0.4 is 10.6 Å². The van der Waals surface area contributed by atoms with E-state index in [4.69, 9.17) is 27.9 Å². The Morgan fingerprint density at radius 2 is 1.84 bits per heavy atom. The number of rotatable bonds is 15. The van der Waals surface area contributed by atoms with E-state index in [9.17, 15) is 29.7 Å². The van der Waals surface area contributed by atoms with Crippen LogP contribution in [-0.2, 0) is 20.7 Å². The number of amides is 3. The third kappa shape index (κ3) is 10.5. The number of nitrogens with one attached hydrogen (secondary N) is 2. The lowest BCUT2D eigenvalue weighted by molar-refractivity contribution is -0.136. The summed E-state index contributed by atoms with van der Waals surface area (Å²) in [5.74, 6) is -3.04. The van der Waals surface area contributed by atoms with E-state index in [2.05, 4.69) is 16.7 Å². The molecule has 4 N–H and O–H groups in total. The summed E-state index contributed by atoms with van der Waals surface area (Å²) in [5.41, 5.74) is 0.819. The van der Waals surface area contributed by atoms with Gasteiger partial charge in [0.05, 0.1) is 41.9 Å². The predicted molar refractivity (Wildman–Crippen MR) is 169 cm³/mol. The molecular formula is C31H39BCl2N4O6. The minimum Gasteiger partial charge on any atom is -0.426 e. The van der Waals surface area contributed by atoms with Gasteiger partial charge in [-0.25, -0.2) is 0 Å². The second-order valence-corrected chi connectivity index (χ2v) is 12.2. The molecule has 0 aliphatic carbocycles. The van der Waals surface area contributed by atoms with Crippen molar-refractivity contribution in [3.63, 3.8) is 0 Å². The van der Waals surface area contributed by atoms with Gasteiger partial charge in [-0.2, -0.15) is 5.26 Å². The van der Waals surface area contributed by atoms with Crippen LogP contribution in [0.15, 0.2) is 48.5 Å². The van der Waals surface area contributed by atoms with Gasteiger partial charge in [0, 0.05) is 11.6 Å². The Hall–Kier alpha value is -3.14. The van der Waals surface area contributed by atoms with Gasteiger partial charge in [-0.15, -0.1) is 0 Å². The number of carbonyl (C=O) groups is 3. The van der Waals surface area contributed by atoms with Gasteiger partial charge in [-0.3, -0.25) is 14.4 Å². The molecule has 1 fully saturated rings. The zero-order chi connectivity index (χ0) is 32.2. The van der Waals surface area contributed by atoms with Crippen molar-refractivity contribution in [2.75, 3.05) is 19.8 Å². The number of nitriles is 1. The molecule has 13 heteroatoms. The van der Waals surface area contributed by atoms with Crippen molar-refractivity contribution in [2.45, 2.75) is 64.0 Å². The first-order chi connectivity index (χ1) is 21.0. The van der Waals surface area contributed by atoms with Crippen molar-refractivity contribution in [1.82, 2.24) is 15.5 Å². The Balaban J connectivity index is 1.72. The molecule has 0 radical (unpaired) electrons. The van der Waals surface area contributed by atoms with Crippen LogP contribution in [0, 0.1) is 23.2 Å². The fourth-order valence-corrected chi connectivity index (χ4v) is 5.41. The molecule has 44 heavy (non-hydrogen) atoms. The fourth-order valence-electron chi connectivity index (χ4n) is 5.04. The van der Waals surface area contributed by atoms with Crippen LogP contribution in [0.3, 0.4) is 0 Å². The SMILES string of the molecule is CC(C)CCC(C#N)C(=O)N1CCC[C@@H]1COCC(NC(=O)c1cc(Cl)ccc1Cl)C(=O)N[C@@H](Cc1ccccc1)B(O)O. The minimum atomic E-state index is -1.87. The van der Waals surface area contributed by atoms with Crippen LogP contribution >= 0.6 is 23.2 Å². The van der Waals surface area contributed by atoms with Gasteiger partial charge in [-0.05, 0) is 61.8 Å². The highest BCUT2D eigenvalue weighted by Crippen LogP contribution is 2.23. The van der Waals surface area contributed by atoms with Gasteiger partial charge in [-0.1, -0.05) is 67.4 Å². The van der Waals surface area contributed by atoms with Crippen molar-refractivity contribution >= 4 is 48.0 Å². The highest BCUT2D eigenvalue weighted by atomic mass is 35.5. The smallest absolute Gasteiger partial charge is 0.426 e. The molecule has 2 unspecified atom stereocenters. The molecular weight excluding hydrogens is 606 g/mol. The summed E-state index contributed by atoms with van der Waals surface area (Å²) in [6.45, 7) is 4.41. The first-order valence-corrected chi connectivity index (χ1v) is 15.5. The number of ether oxygens (including phenoxy) is 1. The Bertz CT molecular complexity index is 1310. The average molecular weight is 645 g/mol. The molecule has 4 atom stereocenters. The Kier molecular flexibility index (Phi) is 14.0. The van der Waals surface area contributed by atoms with E-state index in [0.29, 0.717) is 25.3 Å². The third-order valence-corrected chi connectivity index (χ3v) is 8.09. The third-order valence-electron chi connectivity index (χ3n) is 7.52. The molecule has 1 heterocycles. The zero-order valence-electron chi connectivity index (χ0n) is 24.9. The van der Waals surface area contributed by atoms with Crippen molar-refractivity contribution in [1.29, 1.82) is 5.26 Å². The second kappa shape index (κ2) is 17.4. The monoisotopic (exact) mass is 644 g/mol. The van der Waals surface area contributed by atoms with Crippen molar-refractivity contribution in [3.8, 4) is 6.07 Å². The van der Waals surface area contributed by atoms with Gasteiger partial charge >= 0.3 is 7.12 Å². The van der Waals surface area contributed by atoms with Crippen molar-refractivity contribution in [2.24, 2.45) is 11.8 Å². The maximum atomic E-state index is 13.4. The summed E-state index contributed by atoms with van der Waals surface area (Å²) in [6, 6.07) is 14.0. The lowest BCUT2D eigenvalue weighted by Crippen LogP contribution is -2.56. The molecule has 236 valence electrons. The molecule has 3 amide bonds. The number of likely N-dealkylation sites (tertiary alicyclic amines) is 1.